The summed E-state index contributed by atoms with van der Waals surface area (Å²) in [5, 5.41) is 10.5. The molecule has 1 aliphatic heterocycles. The first-order valence-corrected chi connectivity index (χ1v) is 13.0. The number of ether oxygens (including phenoxy) is 4. The monoisotopic (exact) mass is 484 g/mol. The lowest BCUT2D eigenvalue weighted by atomic mass is 9.91. The summed E-state index contributed by atoms with van der Waals surface area (Å²) in [6.45, 7) is 3.40. The standard InChI is InChI=1S/C29H40O6/c1-2-32-29(31)27(35-28-18-10-12-22-34-28)17-8-4-7-16-25-23(19-20-26(25)30)13-9-11-21-33-24-14-5-3-6-15-24/h3,5-9,13-15,23,25-28,30H,2,10-12,16-22H2,1H3/b13-9+/t4?,23-,25+,26?,27?,28?/m0/s1. The van der Waals surface area contributed by atoms with Gasteiger partial charge in [-0.3, -0.25) is 0 Å². The molecule has 0 aromatic heterocycles. The van der Waals surface area contributed by atoms with Gasteiger partial charge in [0.1, 0.15) is 5.75 Å². The Morgan fingerprint density at radius 3 is 2.83 bits per heavy atom. The van der Waals surface area contributed by atoms with Crippen LogP contribution in [0.5, 0.6) is 5.75 Å². The van der Waals surface area contributed by atoms with Gasteiger partial charge in [0.05, 0.1) is 19.3 Å². The normalized spacial score (nSPS) is 25.1. The number of rotatable bonds is 13. The maximum absolute atomic E-state index is 12.3. The summed E-state index contributed by atoms with van der Waals surface area (Å²) < 4.78 is 22.4. The predicted octanol–water partition coefficient (Wildman–Crippen LogP) is 5.37. The number of allylic oxidation sites excluding steroid dienone is 1. The lowest BCUT2D eigenvalue weighted by Gasteiger charge is -2.26. The van der Waals surface area contributed by atoms with Crippen LogP contribution in [0.1, 0.15) is 58.3 Å². The van der Waals surface area contributed by atoms with Crippen LogP contribution in [0.4, 0.5) is 0 Å². The van der Waals surface area contributed by atoms with Crippen LogP contribution in [0.3, 0.4) is 0 Å². The smallest absolute Gasteiger partial charge is 0.335 e. The summed E-state index contributed by atoms with van der Waals surface area (Å²) in [6.07, 6.45) is 13.4. The molecule has 2 fully saturated rings. The highest BCUT2D eigenvalue weighted by atomic mass is 16.7. The molecule has 0 spiro atoms. The van der Waals surface area contributed by atoms with Gasteiger partial charge in [-0.15, -0.1) is 5.73 Å². The van der Waals surface area contributed by atoms with Crippen molar-refractivity contribution in [2.24, 2.45) is 11.8 Å². The zero-order valence-electron chi connectivity index (χ0n) is 20.8. The van der Waals surface area contributed by atoms with Crippen molar-refractivity contribution in [1.82, 2.24) is 0 Å². The number of benzene rings is 1. The molecule has 1 aromatic carbocycles. The van der Waals surface area contributed by atoms with Gasteiger partial charge in [-0.2, -0.15) is 0 Å². The first-order chi connectivity index (χ1) is 17.2. The largest absolute Gasteiger partial charge is 0.493 e. The molecular weight excluding hydrogens is 444 g/mol. The average molecular weight is 485 g/mol. The molecule has 2 aliphatic rings. The molecule has 3 rings (SSSR count). The zero-order chi connectivity index (χ0) is 24.7. The molecule has 6 nitrogen and oxygen atoms in total. The summed E-state index contributed by atoms with van der Waals surface area (Å²) in [5.74, 6) is 1.04. The van der Waals surface area contributed by atoms with E-state index >= 15 is 0 Å². The first-order valence-electron chi connectivity index (χ1n) is 13.0. The van der Waals surface area contributed by atoms with Crippen molar-refractivity contribution in [3.05, 3.63) is 60.4 Å². The van der Waals surface area contributed by atoms with Crippen LogP contribution in [-0.4, -0.2) is 49.4 Å². The second kappa shape index (κ2) is 15.6. The molecule has 5 atom stereocenters. The van der Waals surface area contributed by atoms with Gasteiger partial charge in [-0.25, -0.2) is 4.79 Å². The molecule has 1 N–H and O–H groups in total. The van der Waals surface area contributed by atoms with Crippen molar-refractivity contribution in [1.29, 1.82) is 0 Å². The van der Waals surface area contributed by atoms with Crippen LogP contribution in [-0.2, 0) is 19.0 Å². The topological polar surface area (TPSA) is 74.2 Å². The molecule has 0 bridgehead atoms. The van der Waals surface area contributed by atoms with E-state index in [-0.39, 0.29) is 24.3 Å². The van der Waals surface area contributed by atoms with Crippen LogP contribution in [0.15, 0.2) is 60.4 Å². The van der Waals surface area contributed by atoms with Crippen LogP contribution < -0.4 is 4.74 Å². The quantitative estimate of drug-likeness (QED) is 0.176. The Bertz CT molecular complexity index is 823. The van der Waals surface area contributed by atoms with Crippen LogP contribution in [0.25, 0.3) is 0 Å². The highest BCUT2D eigenvalue weighted by Gasteiger charge is 2.32. The van der Waals surface area contributed by atoms with E-state index in [4.69, 9.17) is 18.9 Å². The summed E-state index contributed by atoms with van der Waals surface area (Å²) in [7, 11) is 0. The second-order valence-electron chi connectivity index (χ2n) is 9.07. The molecule has 192 valence electrons. The Morgan fingerprint density at radius 1 is 1.20 bits per heavy atom. The van der Waals surface area contributed by atoms with Crippen molar-refractivity contribution in [3.63, 3.8) is 0 Å². The Balaban J connectivity index is 1.44. The van der Waals surface area contributed by atoms with Crippen LogP contribution >= 0.6 is 0 Å². The summed E-state index contributed by atoms with van der Waals surface area (Å²) >= 11 is 0. The minimum atomic E-state index is -0.690. The average Bonchev–Trinajstić information content (AvgIpc) is 3.23. The molecule has 1 saturated heterocycles. The van der Waals surface area contributed by atoms with Crippen molar-refractivity contribution < 1.29 is 28.8 Å². The van der Waals surface area contributed by atoms with Crippen molar-refractivity contribution >= 4 is 5.97 Å². The lowest BCUT2D eigenvalue weighted by molar-refractivity contribution is -0.202. The van der Waals surface area contributed by atoms with E-state index in [9.17, 15) is 9.90 Å². The van der Waals surface area contributed by atoms with Gasteiger partial charge >= 0.3 is 5.97 Å². The number of aliphatic hydroxyl groups excluding tert-OH is 1. The molecule has 0 radical (unpaired) electrons. The van der Waals surface area contributed by atoms with Crippen molar-refractivity contribution in [3.8, 4) is 5.75 Å². The Morgan fingerprint density at radius 2 is 2.06 bits per heavy atom. The second-order valence-corrected chi connectivity index (χ2v) is 9.07. The zero-order valence-corrected chi connectivity index (χ0v) is 20.8. The summed E-state index contributed by atoms with van der Waals surface area (Å²) in [4.78, 5) is 12.3. The van der Waals surface area contributed by atoms with Crippen molar-refractivity contribution in [2.75, 3.05) is 19.8 Å². The number of para-hydroxylation sites is 1. The van der Waals surface area contributed by atoms with Gasteiger partial charge in [0.25, 0.3) is 0 Å². The maximum atomic E-state index is 12.3. The third-order valence-electron chi connectivity index (χ3n) is 6.48. The van der Waals surface area contributed by atoms with Gasteiger partial charge in [0, 0.05) is 13.0 Å². The summed E-state index contributed by atoms with van der Waals surface area (Å²) in [6, 6.07) is 9.82. The SMILES string of the molecule is CCOC(=O)C(CC=C=CC[C@H]1C(O)CC[C@@H]1/C=C/CCOc1ccccc1)OC1CCCCO1. The molecule has 1 aliphatic carbocycles. The third-order valence-corrected chi connectivity index (χ3v) is 6.48. The number of aliphatic hydroxyl groups is 1. The molecule has 1 aromatic rings. The van der Waals surface area contributed by atoms with Gasteiger partial charge < -0.3 is 24.1 Å². The number of esters is 1. The molecule has 6 heteroatoms. The van der Waals surface area contributed by atoms with Gasteiger partial charge in [-0.1, -0.05) is 30.4 Å². The molecule has 35 heavy (non-hydrogen) atoms. The Kier molecular flexibility index (Phi) is 12.1. The number of carbonyl (C=O) groups excluding carboxylic acids is 1. The number of carbonyl (C=O) groups is 1. The van der Waals surface area contributed by atoms with E-state index in [0.29, 0.717) is 32.2 Å². The molecule has 0 amide bonds. The highest BCUT2D eigenvalue weighted by molar-refractivity contribution is 5.74. The lowest BCUT2D eigenvalue weighted by Crippen LogP contribution is -2.33. The predicted molar refractivity (Wildman–Crippen MR) is 135 cm³/mol. The highest BCUT2D eigenvalue weighted by Crippen LogP contribution is 2.35. The summed E-state index contributed by atoms with van der Waals surface area (Å²) in [5.41, 5.74) is 3.18. The number of hydrogen-bond donors (Lipinski definition) is 1. The molecule has 1 saturated carbocycles. The van der Waals surface area contributed by atoms with Crippen LogP contribution in [0, 0.1) is 11.8 Å². The van der Waals surface area contributed by atoms with Crippen LogP contribution in [0.2, 0.25) is 0 Å². The van der Waals surface area contributed by atoms with E-state index in [2.05, 4.69) is 17.9 Å². The Labute approximate surface area is 209 Å². The molecule has 1 heterocycles. The number of hydrogen-bond acceptors (Lipinski definition) is 6. The van der Waals surface area contributed by atoms with E-state index < -0.39 is 6.10 Å². The van der Waals surface area contributed by atoms with E-state index in [1.54, 1.807) is 6.92 Å². The van der Waals surface area contributed by atoms with Gasteiger partial charge in [0.15, 0.2) is 12.4 Å². The fourth-order valence-corrected chi connectivity index (χ4v) is 4.59. The van der Waals surface area contributed by atoms with Gasteiger partial charge in [-0.05, 0) is 88.0 Å². The minimum Gasteiger partial charge on any atom is -0.493 e. The van der Waals surface area contributed by atoms with Gasteiger partial charge in [0.2, 0.25) is 0 Å². The van der Waals surface area contributed by atoms with Crippen molar-refractivity contribution in [2.45, 2.75) is 76.8 Å². The first kappa shape index (κ1) is 27.2. The van der Waals surface area contributed by atoms with E-state index in [1.807, 2.05) is 42.5 Å². The Hall–Kier alpha value is -2.37. The molecule has 3 unspecified atom stereocenters. The fourth-order valence-electron chi connectivity index (χ4n) is 4.59. The van der Waals surface area contributed by atoms with E-state index in [1.165, 1.54) is 0 Å². The molecular formula is C29H40O6. The fraction of sp³-hybridized carbons (Fsp3) is 0.586. The maximum Gasteiger partial charge on any atom is 0.335 e. The minimum absolute atomic E-state index is 0.176. The van der Waals surface area contributed by atoms with E-state index in [0.717, 1.165) is 50.7 Å². The third kappa shape index (κ3) is 9.65.